The number of rotatable bonds is 3. The van der Waals surface area contributed by atoms with Gasteiger partial charge in [-0.15, -0.1) is 0 Å². The van der Waals surface area contributed by atoms with E-state index in [1.165, 1.54) is 0 Å². The maximum Gasteiger partial charge on any atom is 0.241 e. The van der Waals surface area contributed by atoms with Gasteiger partial charge in [-0.25, -0.2) is 0 Å². The smallest absolute Gasteiger partial charge is 0.241 e. The molecule has 0 unspecified atom stereocenters. The minimum absolute atomic E-state index is 0.128. The molecule has 1 aromatic rings. The van der Waals surface area contributed by atoms with Crippen molar-refractivity contribution in [3.05, 3.63) is 29.8 Å². The Morgan fingerprint density at radius 2 is 1.89 bits per heavy atom. The number of carbonyl (C=O) groups excluding carboxylic acids is 2. The number of anilines is 1. The number of amides is 1. The zero-order valence-electron chi connectivity index (χ0n) is 10.8. The molecule has 1 aromatic carbocycles. The van der Waals surface area contributed by atoms with Crippen LogP contribution in [0.15, 0.2) is 24.3 Å². The summed E-state index contributed by atoms with van der Waals surface area (Å²) in [5, 5.41) is 0. The Morgan fingerprint density at radius 3 is 2.44 bits per heavy atom. The third-order valence-corrected chi connectivity index (χ3v) is 3.11. The molecule has 0 spiro atoms. The number of carbonyl (C=O) groups is 2. The fourth-order valence-corrected chi connectivity index (χ4v) is 2.15. The molecule has 1 heterocycles. The van der Waals surface area contributed by atoms with Gasteiger partial charge in [0.2, 0.25) is 5.91 Å². The summed E-state index contributed by atoms with van der Waals surface area (Å²) in [6.45, 7) is 3.66. The molecule has 1 fully saturated rings. The van der Waals surface area contributed by atoms with Gasteiger partial charge in [0.25, 0.3) is 0 Å². The normalized spacial score (nSPS) is 17.0. The molecule has 0 atom stereocenters. The number of hydrogen-bond donors (Lipinski definition) is 0. The zero-order valence-corrected chi connectivity index (χ0v) is 10.8. The van der Waals surface area contributed by atoms with Gasteiger partial charge >= 0.3 is 0 Å². The standard InChI is InChI=1S/C14H18N2O2/c1-11(17)9-12-3-5-13(6-4-12)16-8-7-15(2)10-14(16)18/h3-6H,7-10H2,1-2H3. The summed E-state index contributed by atoms with van der Waals surface area (Å²) < 4.78 is 0. The summed E-state index contributed by atoms with van der Waals surface area (Å²) in [5.74, 6) is 0.279. The van der Waals surface area contributed by atoms with Gasteiger partial charge in [0.1, 0.15) is 5.78 Å². The first-order valence-electron chi connectivity index (χ1n) is 6.13. The van der Waals surface area contributed by atoms with Crippen molar-refractivity contribution in [3.8, 4) is 0 Å². The number of nitrogens with zero attached hydrogens (tertiary/aromatic N) is 2. The van der Waals surface area contributed by atoms with Gasteiger partial charge in [-0.05, 0) is 31.7 Å². The Balaban J connectivity index is 2.09. The SMILES string of the molecule is CC(=O)Cc1ccc(N2CCN(C)CC2=O)cc1. The molecular formula is C14H18N2O2. The topological polar surface area (TPSA) is 40.6 Å². The summed E-state index contributed by atoms with van der Waals surface area (Å²) in [4.78, 5) is 26.7. The Bertz CT molecular complexity index is 453. The van der Waals surface area contributed by atoms with E-state index in [0.717, 1.165) is 24.3 Å². The van der Waals surface area contributed by atoms with Crippen LogP contribution >= 0.6 is 0 Å². The lowest BCUT2D eigenvalue weighted by Gasteiger charge is -2.32. The number of Topliss-reactive ketones (excluding diaryl/α,β-unsaturated/α-hetero) is 1. The average molecular weight is 246 g/mol. The Kier molecular flexibility index (Phi) is 3.77. The van der Waals surface area contributed by atoms with Crippen molar-refractivity contribution in [3.63, 3.8) is 0 Å². The Morgan fingerprint density at radius 1 is 1.22 bits per heavy atom. The van der Waals surface area contributed by atoms with Crippen LogP contribution in [0.25, 0.3) is 0 Å². The van der Waals surface area contributed by atoms with Crippen LogP contribution in [-0.4, -0.2) is 43.3 Å². The lowest BCUT2D eigenvalue weighted by Crippen LogP contribution is -2.48. The molecule has 4 heteroatoms. The van der Waals surface area contributed by atoms with Crippen LogP contribution < -0.4 is 4.90 Å². The van der Waals surface area contributed by atoms with Gasteiger partial charge < -0.3 is 4.90 Å². The van der Waals surface area contributed by atoms with E-state index in [4.69, 9.17) is 0 Å². The molecule has 0 aromatic heterocycles. The highest BCUT2D eigenvalue weighted by Gasteiger charge is 2.22. The van der Waals surface area contributed by atoms with Crippen LogP contribution in [0.1, 0.15) is 12.5 Å². The van der Waals surface area contributed by atoms with Gasteiger partial charge in [0.05, 0.1) is 6.54 Å². The fraction of sp³-hybridized carbons (Fsp3) is 0.429. The molecule has 18 heavy (non-hydrogen) atoms. The lowest BCUT2D eigenvalue weighted by molar-refractivity contribution is -0.121. The molecule has 0 radical (unpaired) electrons. The first-order chi connectivity index (χ1) is 8.56. The van der Waals surface area contributed by atoms with Crippen molar-refractivity contribution < 1.29 is 9.59 Å². The molecule has 96 valence electrons. The van der Waals surface area contributed by atoms with E-state index in [9.17, 15) is 9.59 Å². The molecular weight excluding hydrogens is 228 g/mol. The number of ketones is 1. The summed E-state index contributed by atoms with van der Waals surface area (Å²) in [6, 6.07) is 7.67. The van der Waals surface area contributed by atoms with Crippen molar-refractivity contribution in [2.75, 3.05) is 31.6 Å². The van der Waals surface area contributed by atoms with E-state index in [1.54, 1.807) is 11.8 Å². The molecule has 1 amide bonds. The minimum Gasteiger partial charge on any atom is -0.310 e. The van der Waals surface area contributed by atoms with E-state index in [1.807, 2.05) is 36.2 Å². The fourth-order valence-electron chi connectivity index (χ4n) is 2.15. The van der Waals surface area contributed by atoms with Crippen molar-refractivity contribution in [1.29, 1.82) is 0 Å². The van der Waals surface area contributed by atoms with Crippen molar-refractivity contribution in [1.82, 2.24) is 4.90 Å². The second kappa shape index (κ2) is 5.31. The number of piperazine rings is 1. The minimum atomic E-state index is 0.128. The van der Waals surface area contributed by atoms with Crippen LogP contribution in [0.2, 0.25) is 0 Å². The quantitative estimate of drug-likeness (QED) is 0.802. The molecule has 0 bridgehead atoms. The molecule has 2 rings (SSSR count). The highest BCUT2D eigenvalue weighted by molar-refractivity contribution is 5.95. The predicted molar refractivity (Wildman–Crippen MR) is 70.7 cm³/mol. The van der Waals surface area contributed by atoms with Gasteiger partial charge in [-0.3, -0.25) is 14.5 Å². The molecule has 1 aliphatic rings. The average Bonchev–Trinajstić information content (AvgIpc) is 2.30. The molecule has 1 saturated heterocycles. The van der Waals surface area contributed by atoms with Crippen LogP contribution in [0.5, 0.6) is 0 Å². The van der Waals surface area contributed by atoms with Crippen molar-refractivity contribution in [2.45, 2.75) is 13.3 Å². The maximum absolute atomic E-state index is 11.9. The van der Waals surface area contributed by atoms with Gasteiger partial charge in [0, 0.05) is 25.2 Å². The highest BCUT2D eigenvalue weighted by atomic mass is 16.2. The monoisotopic (exact) mass is 246 g/mol. The molecule has 0 N–H and O–H groups in total. The van der Waals surface area contributed by atoms with Crippen molar-refractivity contribution >= 4 is 17.4 Å². The largest absolute Gasteiger partial charge is 0.310 e. The van der Waals surface area contributed by atoms with Crippen molar-refractivity contribution in [2.24, 2.45) is 0 Å². The van der Waals surface area contributed by atoms with Crippen LogP contribution in [-0.2, 0) is 16.0 Å². The van der Waals surface area contributed by atoms with E-state index < -0.39 is 0 Å². The Labute approximate surface area is 107 Å². The summed E-state index contributed by atoms with van der Waals surface area (Å²) >= 11 is 0. The number of hydrogen-bond acceptors (Lipinski definition) is 3. The number of benzene rings is 1. The zero-order chi connectivity index (χ0) is 13.1. The van der Waals surface area contributed by atoms with Crippen LogP contribution in [0, 0.1) is 0 Å². The van der Waals surface area contributed by atoms with Gasteiger partial charge in [0.15, 0.2) is 0 Å². The van der Waals surface area contributed by atoms with E-state index in [2.05, 4.69) is 0 Å². The third-order valence-electron chi connectivity index (χ3n) is 3.11. The summed E-state index contributed by atoms with van der Waals surface area (Å²) in [6.07, 6.45) is 0.455. The molecule has 0 aliphatic carbocycles. The second-order valence-electron chi connectivity index (χ2n) is 4.83. The molecule has 1 aliphatic heterocycles. The first-order valence-corrected chi connectivity index (χ1v) is 6.13. The third kappa shape index (κ3) is 2.96. The lowest BCUT2D eigenvalue weighted by atomic mass is 10.1. The molecule has 4 nitrogen and oxygen atoms in total. The Hall–Kier alpha value is -1.68. The summed E-state index contributed by atoms with van der Waals surface area (Å²) in [5.41, 5.74) is 1.91. The predicted octanol–water partition coefficient (Wildman–Crippen LogP) is 1.10. The summed E-state index contributed by atoms with van der Waals surface area (Å²) in [7, 11) is 1.95. The van der Waals surface area contributed by atoms with E-state index in [0.29, 0.717) is 13.0 Å². The van der Waals surface area contributed by atoms with E-state index in [-0.39, 0.29) is 11.7 Å². The highest BCUT2D eigenvalue weighted by Crippen LogP contribution is 2.18. The van der Waals surface area contributed by atoms with Gasteiger partial charge in [-0.2, -0.15) is 0 Å². The van der Waals surface area contributed by atoms with Gasteiger partial charge in [-0.1, -0.05) is 12.1 Å². The maximum atomic E-state index is 11.9. The van der Waals surface area contributed by atoms with E-state index >= 15 is 0 Å². The first kappa shape index (κ1) is 12.8. The molecule has 0 saturated carbocycles. The number of likely N-dealkylation sites (N-methyl/N-ethyl adjacent to an activating group) is 1. The second-order valence-corrected chi connectivity index (χ2v) is 4.83. The van der Waals surface area contributed by atoms with Crippen LogP contribution in [0.4, 0.5) is 5.69 Å². The van der Waals surface area contributed by atoms with Crippen LogP contribution in [0.3, 0.4) is 0 Å².